The lowest BCUT2D eigenvalue weighted by Crippen LogP contribution is -2.43. The van der Waals surface area contributed by atoms with Crippen LogP contribution in [0.4, 0.5) is 0 Å². The van der Waals surface area contributed by atoms with Gasteiger partial charge < -0.3 is 14.8 Å². The second kappa shape index (κ2) is 8.72. The van der Waals surface area contributed by atoms with E-state index in [0.29, 0.717) is 17.7 Å². The molecule has 0 spiro atoms. The van der Waals surface area contributed by atoms with Crippen molar-refractivity contribution in [2.45, 2.75) is 19.4 Å². The zero-order valence-electron chi connectivity index (χ0n) is 13.8. The topological polar surface area (TPSA) is 64.6 Å². The van der Waals surface area contributed by atoms with Gasteiger partial charge in [-0.15, -0.1) is 0 Å². The summed E-state index contributed by atoms with van der Waals surface area (Å²) in [6.07, 6.45) is 0.377. The van der Waals surface area contributed by atoms with Crippen molar-refractivity contribution in [2.24, 2.45) is 0 Å². The van der Waals surface area contributed by atoms with Crippen molar-refractivity contribution in [3.63, 3.8) is 0 Å². The Morgan fingerprint density at radius 3 is 2.29 bits per heavy atom. The quantitative estimate of drug-likeness (QED) is 0.794. The number of methoxy groups -OCH3 is 1. The number of hydrogen-bond acceptors (Lipinski definition) is 4. The van der Waals surface area contributed by atoms with Crippen LogP contribution in [0.5, 0.6) is 5.75 Å². The second-order valence-electron chi connectivity index (χ2n) is 5.20. The summed E-state index contributed by atoms with van der Waals surface area (Å²) >= 11 is 0. The Balaban J connectivity index is 2.11. The summed E-state index contributed by atoms with van der Waals surface area (Å²) in [5.41, 5.74) is 1.41. The molecular weight excluding hydrogens is 306 g/mol. The Morgan fingerprint density at radius 1 is 1.04 bits per heavy atom. The van der Waals surface area contributed by atoms with Crippen molar-refractivity contribution in [1.29, 1.82) is 0 Å². The first-order chi connectivity index (χ1) is 11.6. The van der Waals surface area contributed by atoms with Crippen molar-refractivity contribution in [1.82, 2.24) is 5.32 Å². The van der Waals surface area contributed by atoms with Crippen LogP contribution in [0.3, 0.4) is 0 Å². The summed E-state index contributed by atoms with van der Waals surface area (Å²) < 4.78 is 10.1. The molecule has 24 heavy (non-hydrogen) atoms. The Bertz CT molecular complexity index is 668. The molecule has 2 aromatic carbocycles. The first kappa shape index (κ1) is 17.5. The van der Waals surface area contributed by atoms with Gasteiger partial charge in [-0.25, -0.2) is 4.79 Å². The third kappa shape index (κ3) is 4.84. The molecule has 0 saturated carbocycles. The third-order valence-electron chi connectivity index (χ3n) is 3.51. The van der Waals surface area contributed by atoms with Crippen molar-refractivity contribution >= 4 is 11.9 Å². The molecule has 0 heterocycles. The number of nitrogens with one attached hydrogen (secondary N) is 1. The van der Waals surface area contributed by atoms with Crippen LogP contribution in [0.2, 0.25) is 0 Å². The molecule has 0 aromatic heterocycles. The van der Waals surface area contributed by atoms with Crippen LogP contribution in [-0.2, 0) is 16.0 Å². The van der Waals surface area contributed by atoms with E-state index in [2.05, 4.69) is 5.32 Å². The molecule has 0 bridgehead atoms. The molecule has 1 N–H and O–H groups in total. The molecule has 2 rings (SSSR count). The number of carbonyl (C=O) groups is 2. The van der Waals surface area contributed by atoms with Gasteiger partial charge in [0.1, 0.15) is 11.8 Å². The van der Waals surface area contributed by atoms with E-state index < -0.39 is 12.0 Å². The van der Waals surface area contributed by atoms with E-state index in [-0.39, 0.29) is 12.5 Å². The molecular formula is C19H21NO4. The van der Waals surface area contributed by atoms with Gasteiger partial charge >= 0.3 is 5.97 Å². The van der Waals surface area contributed by atoms with E-state index >= 15 is 0 Å². The zero-order valence-corrected chi connectivity index (χ0v) is 13.8. The molecule has 0 radical (unpaired) electrons. The lowest BCUT2D eigenvalue weighted by atomic mass is 10.1. The number of esters is 1. The highest BCUT2D eigenvalue weighted by Crippen LogP contribution is 2.12. The van der Waals surface area contributed by atoms with E-state index in [1.165, 1.54) is 0 Å². The molecule has 2 aromatic rings. The van der Waals surface area contributed by atoms with E-state index in [0.717, 1.165) is 5.56 Å². The Labute approximate surface area is 141 Å². The second-order valence-corrected chi connectivity index (χ2v) is 5.20. The minimum atomic E-state index is -0.734. The highest BCUT2D eigenvalue weighted by atomic mass is 16.5. The summed E-state index contributed by atoms with van der Waals surface area (Å²) in [4.78, 5) is 24.6. The van der Waals surface area contributed by atoms with Crippen LogP contribution >= 0.6 is 0 Å². The predicted octanol–water partition coefficient (Wildman–Crippen LogP) is 2.60. The van der Waals surface area contributed by atoms with E-state index in [9.17, 15) is 9.59 Å². The van der Waals surface area contributed by atoms with Crippen LogP contribution in [0.15, 0.2) is 54.6 Å². The summed E-state index contributed by atoms with van der Waals surface area (Å²) in [7, 11) is 1.56. The van der Waals surface area contributed by atoms with Crippen LogP contribution in [0, 0.1) is 0 Å². The standard InChI is InChI=1S/C19H21NO4/c1-3-24-19(22)17(13-14-7-5-4-6-8-14)20-18(21)15-9-11-16(23-2)12-10-15/h4-12,17H,3,13H2,1-2H3,(H,20,21)/t17-/m0/s1. The van der Waals surface area contributed by atoms with Gasteiger partial charge in [-0.2, -0.15) is 0 Å². The smallest absolute Gasteiger partial charge is 0.328 e. The zero-order chi connectivity index (χ0) is 17.4. The summed E-state index contributed by atoms with van der Waals surface area (Å²) in [5.74, 6) is -0.104. The van der Waals surface area contributed by atoms with Crippen molar-refractivity contribution in [3.05, 3.63) is 65.7 Å². The van der Waals surface area contributed by atoms with Gasteiger partial charge in [-0.3, -0.25) is 4.79 Å². The van der Waals surface area contributed by atoms with Crippen molar-refractivity contribution in [2.75, 3.05) is 13.7 Å². The van der Waals surface area contributed by atoms with Gasteiger partial charge in [-0.1, -0.05) is 30.3 Å². The van der Waals surface area contributed by atoms with Gasteiger partial charge in [0.05, 0.1) is 13.7 Å². The minimum Gasteiger partial charge on any atom is -0.497 e. The maximum atomic E-state index is 12.4. The summed E-state index contributed by atoms with van der Waals surface area (Å²) in [5, 5.41) is 2.75. The van der Waals surface area contributed by atoms with Gasteiger partial charge in [0.2, 0.25) is 0 Å². The largest absolute Gasteiger partial charge is 0.497 e. The van der Waals surface area contributed by atoms with Crippen LogP contribution < -0.4 is 10.1 Å². The van der Waals surface area contributed by atoms with Crippen LogP contribution in [-0.4, -0.2) is 31.6 Å². The molecule has 0 fully saturated rings. The first-order valence-corrected chi connectivity index (χ1v) is 7.79. The molecule has 5 nitrogen and oxygen atoms in total. The maximum Gasteiger partial charge on any atom is 0.328 e. The number of ether oxygens (including phenoxy) is 2. The minimum absolute atomic E-state index is 0.266. The Morgan fingerprint density at radius 2 is 1.71 bits per heavy atom. The number of benzene rings is 2. The van der Waals surface area contributed by atoms with Crippen molar-refractivity contribution in [3.8, 4) is 5.75 Å². The number of carbonyl (C=O) groups excluding carboxylic acids is 2. The van der Waals surface area contributed by atoms with E-state index in [1.807, 2.05) is 30.3 Å². The average molecular weight is 327 g/mol. The monoisotopic (exact) mass is 327 g/mol. The number of amides is 1. The lowest BCUT2D eigenvalue weighted by molar-refractivity contribution is -0.145. The molecule has 126 valence electrons. The van der Waals surface area contributed by atoms with Gasteiger partial charge in [0.25, 0.3) is 5.91 Å². The Kier molecular flexibility index (Phi) is 6.37. The highest BCUT2D eigenvalue weighted by molar-refractivity contribution is 5.96. The van der Waals surface area contributed by atoms with Crippen LogP contribution in [0.1, 0.15) is 22.8 Å². The fraction of sp³-hybridized carbons (Fsp3) is 0.263. The first-order valence-electron chi connectivity index (χ1n) is 7.79. The SMILES string of the molecule is CCOC(=O)[C@H](Cc1ccccc1)NC(=O)c1ccc(OC)cc1. The van der Waals surface area contributed by atoms with E-state index in [4.69, 9.17) is 9.47 Å². The number of rotatable bonds is 7. The van der Waals surface area contributed by atoms with Crippen LogP contribution in [0.25, 0.3) is 0 Å². The molecule has 0 aliphatic rings. The average Bonchev–Trinajstić information content (AvgIpc) is 2.62. The molecule has 5 heteroatoms. The fourth-order valence-corrected chi connectivity index (χ4v) is 2.27. The van der Waals surface area contributed by atoms with Crippen molar-refractivity contribution < 1.29 is 19.1 Å². The van der Waals surface area contributed by atoms with Gasteiger partial charge in [-0.05, 0) is 36.8 Å². The third-order valence-corrected chi connectivity index (χ3v) is 3.51. The number of hydrogen-bond donors (Lipinski definition) is 1. The molecule has 1 amide bonds. The molecule has 0 unspecified atom stereocenters. The van der Waals surface area contributed by atoms with E-state index in [1.54, 1.807) is 38.3 Å². The van der Waals surface area contributed by atoms with Gasteiger partial charge in [0.15, 0.2) is 0 Å². The molecule has 0 aliphatic carbocycles. The summed E-state index contributed by atoms with van der Waals surface area (Å²) in [6.45, 7) is 2.01. The predicted molar refractivity (Wildman–Crippen MR) is 91.0 cm³/mol. The van der Waals surface area contributed by atoms with Gasteiger partial charge in [0, 0.05) is 12.0 Å². The lowest BCUT2D eigenvalue weighted by Gasteiger charge is -2.17. The highest BCUT2D eigenvalue weighted by Gasteiger charge is 2.23. The normalized spacial score (nSPS) is 11.4. The molecule has 0 saturated heterocycles. The summed E-state index contributed by atoms with van der Waals surface area (Å²) in [6, 6.07) is 15.5. The maximum absolute atomic E-state index is 12.4. The molecule has 1 atom stereocenters. The fourth-order valence-electron chi connectivity index (χ4n) is 2.27. The Hall–Kier alpha value is -2.82. The molecule has 0 aliphatic heterocycles.